The molecule has 2 nitrogen and oxygen atoms in total. The highest BCUT2D eigenvalue weighted by Crippen LogP contribution is 2.39. The average molecular weight is 669 g/mol. The lowest BCUT2D eigenvalue weighted by Crippen LogP contribution is -2.25. The molecule has 0 radical (unpaired) electrons. The SMILES string of the molecule is CCCCOc1ccc(C#Cc2cc(F)c(C#Cc3cc(F)c(C(F)(F)Oc4cc(F)c(C(F)(F)F)c(F)c4)c(F)c3)c(F)c2)cc1. The van der Waals surface area contributed by atoms with Gasteiger partial charge in [-0.25, -0.2) is 26.3 Å². The van der Waals surface area contributed by atoms with Crippen LogP contribution in [0.3, 0.4) is 0 Å². The summed E-state index contributed by atoms with van der Waals surface area (Å²) in [6, 6.07) is 8.44. The van der Waals surface area contributed by atoms with Crippen molar-refractivity contribution in [3.63, 3.8) is 0 Å². The second-order valence-electron chi connectivity index (χ2n) is 9.73. The lowest BCUT2D eigenvalue weighted by atomic mass is 10.1. The largest absolute Gasteiger partial charge is 0.494 e. The van der Waals surface area contributed by atoms with Gasteiger partial charge in [0.15, 0.2) is 0 Å². The summed E-state index contributed by atoms with van der Waals surface area (Å²) in [6.45, 7) is 2.58. The van der Waals surface area contributed by atoms with Crippen molar-refractivity contribution in [3.8, 4) is 35.2 Å². The predicted molar refractivity (Wildman–Crippen MR) is 147 cm³/mol. The summed E-state index contributed by atoms with van der Waals surface area (Å²) in [5, 5.41) is 0. The van der Waals surface area contributed by atoms with Crippen LogP contribution in [0.5, 0.6) is 11.5 Å². The number of halogens is 11. The maximum absolute atomic E-state index is 14.7. The van der Waals surface area contributed by atoms with Crippen LogP contribution in [0.15, 0.2) is 60.7 Å². The van der Waals surface area contributed by atoms with Crippen molar-refractivity contribution >= 4 is 0 Å². The third-order valence-corrected chi connectivity index (χ3v) is 6.22. The molecule has 0 saturated heterocycles. The topological polar surface area (TPSA) is 18.5 Å². The lowest BCUT2D eigenvalue weighted by molar-refractivity contribution is -0.189. The van der Waals surface area contributed by atoms with Crippen molar-refractivity contribution < 1.29 is 57.8 Å². The second-order valence-corrected chi connectivity index (χ2v) is 9.73. The molecule has 13 heteroatoms. The summed E-state index contributed by atoms with van der Waals surface area (Å²) in [6.07, 6.45) is -8.64. The number of ether oxygens (including phenoxy) is 2. The molecular formula is C34H19F11O2. The molecule has 0 amide bonds. The van der Waals surface area contributed by atoms with E-state index in [1.165, 1.54) is 0 Å². The van der Waals surface area contributed by atoms with Crippen LogP contribution in [0.4, 0.5) is 48.3 Å². The zero-order valence-corrected chi connectivity index (χ0v) is 23.9. The van der Waals surface area contributed by atoms with Crippen LogP contribution in [-0.2, 0) is 12.3 Å². The Morgan fingerprint density at radius 1 is 0.553 bits per heavy atom. The third kappa shape index (κ3) is 8.55. The summed E-state index contributed by atoms with van der Waals surface area (Å²) in [5.74, 6) is -2.49. The van der Waals surface area contributed by atoms with E-state index in [1.807, 2.05) is 18.8 Å². The van der Waals surface area contributed by atoms with Gasteiger partial charge in [-0.05, 0) is 55.0 Å². The van der Waals surface area contributed by atoms with Crippen LogP contribution in [0.2, 0.25) is 0 Å². The van der Waals surface area contributed by atoms with Gasteiger partial charge in [0.2, 0.25) is 0 Å². The molecule has 0 aromatic heterocycles. The van der Waals surface area contributed by atoms with Crippen LogP contribution >= 0.6 is 0 Å². The zero-order chi connectivity index (χ0) is 34.5. The molecular weight excluding hydrogens is 649 g/mol. The van der Waals surface area contributed by atoms with Crippen molar-refractivity contribution in [3.05, 3.63) is 129 Å². The van der Waals surface area contributed by atoms with Gasteiger partial charge in [-0.3, -0.25) is 0 Å². The van der Waals surface area contributed by atoms with Crippen LogP contribution in [0.1, 0.15) is 53.1 Å². The van der Waals surface area contributed by atoms with Crippen molar-refractivity contribution in [2.45, 2.75) is 32.1 Å². The summed E-state index contributed by atoms with van der Waals surface area (Å²) >= 11 is 0. The molecule has 0 aliphatic heterocycles. The average Bonchev–Trinajstić information content (AvgIpc) is 2.94. The fourth-order valence-electron chi connectivity index (χ4n) is 4.01. The fraction of sp³-hybridized carbons (Fsp3) is 0.176. The Bertz CT molecular complexity index is 1840. The van der Waals surface area contributed by atoms with Gasteiger partial charge in [0.05, 0.1) is 12.2 Å². The first-order chi connectivity index (χ1) is 22.1. The zero-order valence-electron chi connectivity index (χ0n) is 23.9. The Labute approximate surface area is 260 Å². The van der Waals surface area contributed by atoms with Crippen LogP contribution in [0, 0.1) is 58.6 Å². The van der Waals surface area contributed by atoms with E-state index in [-0.39, 0.29) is 29.8 Å². The molecule has 0 heterocycles. The van der Waals surface area contributed by atoms with Crippen molar-refractivity contribution in [2.75, 3.05) is 6.61 Å². The quantitative estimate of drug-likeness (QED) is 0.111. The molecule has 0 bridgehead atoms. The number of rotatable bonds is 7. The Kier molecular flexibility index (Phi) is 10.4. The van der Waals surface area contributed by atoms with Crippen molar-refractivity contribution in [1.29, 1.82) is 0 Å². The van der Waals surface area contributed by atoms with Gasteiger partial charge in [-0.1, -0.05) is 37.0 Å². The van der Waals surface area contributed by atoms with Crippen LogP contribution in [0.25, 0.3) is 0 Å². The Hall–Kier alpha value is -5.17. The maximum atomic E-state index is 14.7. The Morgan fingerprint density at radius 3 is 1.53 bits per heavy atom. The minimum absolute atomic E-state index is 0.0645. The molecule has 0 aliphatic rings. The monoisotopic (exact) mass is 668 g/mol. The molecule has 0 unspecified atom stereocenters. The van der Waals surface area contributed by atoms with Gasteiger partial charge < -0.3 is 9.47 Å². The van der Waals surface area contributed by atoms with E-state index in [0.717, 1.165) is 25.0 Å². The van der Waals surface area contributed by atoms with Crippen molar-refractivity contribution in [2.24, 2.45) is 0 Å². The standard InChI is InChI=1S/C34H19F11O2/c1-2-3-12-46-22-9-6-19(7-10-22)4-5-20-13-25(35)24(26(36)14-20)11-8-21-15-27(37)32(28(38)16-21)34(44,45)47-23-17-29(39)31(30(40)18-23)33(41,42)43/h6-7,9-10,13-18H,2-3,12H2,1H3. The van der Waals surface area contributed by atoms with Gasteiger partial charge in [0, 0.05) is 28.8 Å². The van der Waals surface area contributed by atoms with E-state index < -0.39 is 75.2 Å². The molecule has 0 spiro atoms. The van der Waals surface area contributed by atoms with E-state index in [1.54, 1.807) is 24.3 Å². The molecule has 0 fully saturated rings. The first kappa shape index (κ1) is 34.7. The molecule has 47 heavy (non-hydrogen) atoms. The Morgan fingerprint density at radius 2 is 1.02 bits per heavy atom. The number of benzene rings is 4. The van der Waals surface area contributed by atoms with E-state index in [2.05, 4.69) is 16.6 Å². The molecule has 0 aliphatic carbocycles. The van der Waals surface area contributed by atoms with E-state index in [4.69, 9.17) is 4.74 Å². The summed E-state index contributed by atoms with van der Waals surface area (Å²) in [4.78, 5) is 0. The number of unbranched alkanes of at least 4 members (excludes halogenated alkanes) is 1. The molecule has 4 aromatic rings. The van der Waals surface area contributed by atoms with Crippen molar-refractivity contribution in [1.82, 2.24) is 0 Å². The summed E-state index contributed by atoms with van der Waals surface area (Å²) in [7, 11) is 0. The number of hydrogen-bond acceptors (Lipinski definition) is 2. The molecule has 4 aromatic carbocycles. The van der Waals surface area contributed by atoms with Gasteiger partial charge in [-0.2, -0.15) is 22.0 Å². The Balaban J connectivity index is 1.53. The lowest BCUT2D eigenvalue weighted by Gasteiger charge is -2.20. The maximum Gasteiger partial charge on any atom is 0.432 e. The highest BCUT2D eigenvalue weighted by atomic mass is 19.4. The van der Waals surface area contributed by atoms with Crippen LogP contribution < -0.4 is 9.47 Å². The van der Waals surface area contributed by atoms with Gasteiger partial charge in [0.25, 0.3) is 0 Å². The third-order valence-electron chi connectivity index (χ3n) is 6.22. The van der Waals surface area contributed by atoms with Gasteiger partial charge in [0.1, 0.15) is 57.5 Å². The highest BCUT2D eigenvalue weighted by Gasteiger charge is 2.43. The molecule has 0 saturated carbocycles. The van der Waals surface area contributed by atoms with Gasteiger partial charge >= 0.3 is 12.3 Å². The first-order valence-corrected chi connectivity index (χ1v) is 13.5. The summed E-state index contributed by atoms with van der Waals surface area (Å²) < 4.78 is 163. The van der Waals surface area contributed by atoms with Crippen LogP contribution in [-0.4, -0.2) is 6.61 Å². The second kappa shape index (κ2) is 14.1. The van der Waals surface area contributed by atoms with E-state index >= 15 is 0 Å². The highest BCUT2D eigenvalue weighted by molar-refractivity contribution is 5.50. The normalized spacial score (nSPS) is 11.3. The minimum Gasteiger partial charge on any atom is -0.494 e. The molecule has 0 N–H and O–H groups in total. The first-order valence-electron chi connectivity index (χ1n) is 13.5. The summed E-state index contributed by atoms with van der Waals surface area (Å²) in [5.41, 5.74) is -5.49. The molecule has 244 valence electrons. The predicted octanol–water partition coefficient (Wildman–Crippen LogP) is 9.65. The molecule has 4 rings (SSSR count). The van der Waals surface area contributed by atoms with E-state index in [0.29, 0.717) is 17.9 Å². The number of alkyl halides is 5. The van der Waals surface area contributed by atoms with E-state index in [9.17, 15) is 48.3 Å². The smallest absolute Gasteiger partial charge is 0.432 e. The minimum atomic E-state index is -5.51. The molecule has 0 atom stereocenters. The number of hydrogen-bond donors (Lipinski definition) is 0. The fourth-order valence-corrected chi connectivity index (χ4v) is 4.01. The van der Waals surface area contributed by atoms with Gasteiger partial charge in [-0.15, -0.1) is 0 Å².